The molecular weight excluding hydrogens is 182 g/mol. The Labute approximate surface area is 80.0 Å². The van der Waals surface area contributed by atoms with Gasteiger partial charge in [0, 0.05) is 12.4 Å². The van der Waals surface area contributed by atoms with E-state index in [1.165, 1.54) is 4.68 Å². The van der Waals surface area contributed by atoms with Gasteiger partial charge in [-0.05, 0) is 12.1 Å². The van der Waals surface area contributed by atoms with Crippen LogP contribution in [0.4, 0.5) is 10.6 Å². The summed E-state index contributed by atoms with van der Waals surface area (Å²) in [6.07, 6.45) is -1.08. The number of nitrogens with zero attached hydrogens (tertiary/aromatic N) is 2. The SMILES string of the molecule is Cn1nc2ccccc2c1NC(=O)O. The second kappa shape index (κ2) is 3.02. The van der Waals surface area contributed by atoms with Crippen LogP contribution >= 0.6 is 0 Å². The van der Waals surface area contributed by atoms with Crippen molar-refractivity contribution in [2.24, 2.45) is 7.05 Å². The Kier molecular flexibility index (Phi) is 1.85. The molecule has 5 nitrogen and oxygen atoms in total. The van der Waals surface area contributed by atoms with E-state index in [9.17, 15) is 4.79 Å². The third kappa shape index (κ3) is 1.28. The van der Waals surface area contributed by atoms with Crippen molar-refractivity contribution >= 4 is 22.8 Å². The van der Waals surface area contributed by atoms with Gasteiger partial charge in [-0.15, -0.1) is 0 Å². The van der Waals surface area contributed by atoms with Crippen LogP contribution in [-0.4, -0.2) is 21.0 Å². The quantitative estimate of drug-likeness (QED) is 0.720. The Balaban J connectivity index is 2.62. The van der Waals surface area contributed by atoms with E-state index in [0.29, 0.717) is 5.82 Å². The van der Waals surface area contributed by atoms with Gasteiger partial charge in [0.05, 0.1) is 5.52 Å². The van der Waals surface area contributed by atoms with Gasteiger partial charge in [-0.25, -0.2) is 4.79 Å². The van der Waals surface area contributed by atoms with Crippen LogP contribution in [0.5, 0.6) is 0 Å². The number of benzene rings is 1. The molecule has 0 saturated heterocycles. The van der Waals surface area contributed by atoms with E-state index in [1.54, 1.807) is 7.05 Å². The first-order valence-corrected chi connectivity index (χ1v) is 4.10. The van der Waals surface area contributed by atoms with E-state index in [-0.39, 0.29) is 0 Å². The molecule has 1 aromatic carbocycles. The zero-order valence-electron chi connectivity index (χ0n) is 7.56. The minimum Gasteiger partial charge on any atom is -0.465 e. The highest BCUT2D eigenvalue weighted by molar-refractivity contribution is 5.96. The van der Waals surface area contributed by atoms with Crippen molar-refractivity contribution in [1.29, 1.82) is 0 Å². The standard InChI is InChI=1S/C9H9N3O2/c1-12-8(10-9(13)14)6-4-2-3-5-7(6)11-12/h2-5,10H,1H3,(H,13,14). The smallest absolute Gasteiger partial charge is 0.410 e. The molecule has 1 heterocycles. The molecule has 0 fully saturated rings. The Morgan fingerprint density at radius 1 is 1.50 bits per heavy atom. The topological polar surface area (TPSA) is 67.2 Å². The average molecular weight is 191 g/mol. The summed E-state index contributed by atoms with van der Waals surface area (Å²) in [4.78, 5) is 10.5. The van der Waals surface area contributed by atoms with Gasteiger partial charge in [0.15, 0.2) is 0 Å². The predicted octanol–water partition coefficient (Wildman–Crippen LogP) is 1.66. The van der Waals surface area contributed by atoms with Crippen LogP contribution in [0.2, 0.25) is 0 Å². The van der Waals surface area contributed by atoms with Gasteiger partial charge in [-0.3, -0.25) is 10.00 Å². The number of amides is 1. The van der Waals surface area contributed by atoms with Gasteiger partial charge in [-0.1, -0.05) is 12.1 Å². The fourth-order valence-electron chi connectivity index (χ4n) is 1.40. The van der Waals surface area contributed by atoms with E-state index in [4.69, 9.17) is 5.11 Å². The molecule has 14 heavy (non-hydrogen) atoms. The molecule has 2 rings (SSSR count). The summed E-state index contributed by atoms with van der Waals surface area (Å²) in [5.41, 5.74) is 0.777. The monoisotopic (exact) mass is 191 g/mol. The van der Waals surface area contributed by atoms with Crippen molar-refractivity contribution in [3.05, 3.63) is 24.3 Å². The second-order valence-electron chi connectivity index (χ2n) is 2.92. The molecule has 0 radical (unpaired) electrons. The summed E-state index contributed by atoms with van der Waals surface area (Å²) in [6.45, 7) is 0. The third-order valence-electron chi connectivity index (χ3n) is 1.97. The Morgan fingerprint density at radius 3 is 2.93 bits per heavy atom. The number of carbonyl (C=O) groups is 1. The van der Waals surface area contributed by atoms with Crippen LogP contribution in [-0.2, 0) is 7.05 Å². The number of aryl methyl sites for hydroxylation is 1. The number of fused-ring (bicyclic) bond motifs is 1. The van der Waals surface area contributed by atoms with Crippen LogP contribution < -0.4 is 5.32 Å². The lowest BCUT2D eigenvalue weighted by Gasteiger charge is -2.00. The predicted molar refractivity (Wildman–Crippen MR) is 52.4 cm³/mol. The molecule has 0 bridgehead atoms. The average Bonchev–Trinajstić information content (AvgIpc) is 2.43. The normalized spacial score (nSPS) is 10.4. The van der Waals surface area contributed by atoms with Crippen LogP contribution in [0.1, 0.15) is 0 Å². The number of hydrogen-bond donors (Lipinski definition) is 2. The number of aromatic nitrogens is 2. The second-order valence-corrected chi connectivity index (χ2v) is 2.92. The molecule has 5 heteroatoms. The van der Waals surface area contributed by atoms with Crippen molar-refractivity contribution in [2.45, 2.75) is 0 Å². The molecule has 0 aliphatic rings. The van der Waals surface area contributed by atoms with Gasteiger partial charge in [0.25, 0.3) is 0 Å². The lowest BCUT2D eigenvalue weighted by molar-refractivity contribution is 0.209. The van der Waals surface area contributed by atoms with Crippen LogP contribution in [0.3, 0.4) is 0 Å². The molecule has 0 aliphatic carbocycles. The van der Waals surface area contributed by atoms with Crippen molar-refractivity contribution < 1.29 is 9.90 Å². The van der Waals surface area contributed by atoms with E-state index < -0.39 is 6.09 Å². The van der Waals surface area contributed by atoms with E-state index in [2.05, 4.69) is 10.4 Å². The van der Waals surface area contributed by atoms with E-state index >= 15 is 0 Å². The Bertz CT molecular complexity index is 490. The maximum absolute atomic E-state index is 10.5. The highest BCUT2D eigenvalue weighted by atomic mass is 16.4. The summed E-state index contributed by atoms with van der Waals surface area (Å²) in [7, 11) is 1.70. The third-order valence-corrected chi connectivity index (χ3v) is 1.97. The lowest BCUT2D eigenvalue weighted by Crippen LogP contribution is -2.11. The van der Waals surface area contributed by atoms with Crippen molar-refractivity contribution in [3.63, 3.8) is 0 Å². The number of carboxylic acid groups (broad SMARTS) is 1. The minimum absolute atomic E-state index is 0.494. The summed E-state index contributed by atoms with van der Waals surface area (Å²) in [5, 5.41) is 15.9. The van der Waals surface area contributed by atoms with Crippen LogP contribution in [0.15, 0.2) is 24.3 Å². The molecule has 0 aliphatic heterocycles. The maximum atomic E-state index is 10.5. The molecule has 1 amide bonds. The van der Waals surface area contributed by atoms with Gasteiger partial charge in [0.2, 0.25) is 0 Å². The largest absolute Gasteiger partial charge is 0.465 e. The molecule has 0 unspecified atom stereocenters. The number of rotatable bonds is 1. The molecule has 72 valence electrons. The van der Waals surface area contributed by atoms with E-state index in [0.717, 1.165) is 10.9 Å². The molecule has 1 aromatic heterocycles. The van der Waals surface area contributed by atoms with Crippen molar-refractivity contribution in [1.82, 2.24) is 9.78 Å². The zero-order chi connectivity index (χ0) is 10.1. The highest BCUT2D eigenvalue weighted by Gasteiger charge is 2.09. The Hall–Kier alpha value is -2.04. The highest BCUT2D eigenvalue weighted by Crippen LogP contribution is 2.21. The summed E-state index contributed by atoms with van der Waals surface area (Å²) in [6, 6.07) is 7.37. The molecule has 2 N–H and O–H groups in total. The fourth-order valence-corrected chi connectivity index (χ4v) is 1.40. The summed E-state index contributed by atoms with van der Waals surface area (Å²) in [5.74, 6) is 0.494. The molecule has 2 aromatic rings. The van der Waals surface area contributed by atoms with Crippen molar-refractivity contribution in [3.8, 4) is 0 Å². The minimum atomic E-state index is -1.08. The first-order chi connectivity index (χ1) is 6.68. The Morgan fingerprint density at radius 2 is 2.21 bits per heavy atom. The van der Waals surface area contributed by atoms with Gasteiger partial charge < -0.3 is 5.11 Å². The number of anilines is 1. The molecular formula is C9H9N3O2. The summed E-state index contributed by atoms with van der Waals surface area (Å²) < 4.78 is 1.51. The zero-order valence-corrected chi connectivity index (χ0v) is 7.56. The summed E-state index contributed by atoms with van der Waals surface area (Å²) >= 11 is 0. The van der Waals surface area contributed by atoms with Gasteiger partial charge in [0.1, 0.15) is 5.82 Å². The van der Waals surface area contributed by atoms with Gasteiger partial charge >= 0.3 is 6.09 Å². The first kappa shape index (κ1) is 8.55. The van der Waals surface area contributed by atoms with Crippen LogP contribution in [0, 0.1) is 0 Å². The molecule has 0 atom stereocenters. The van der Waals surface area contributed by atoms with Gasteiger partial charge in [-0.2, -0.15) is 5.10 Å². The number of nitrogens with one attached hydrogen (secondary N) is 1. The van der Waals surface area contributed by atoms with Crippen molar-refractivity contribution in [2.75, 3.05) is 5.32 Å². The first-order valence-electron chi connectivity index (χ1n) is 4.10. The number of hydrogen-bond acceptors (Lipinski definition) is 2. The fraction of sp³-hybridized carbons (Fsp3) is 0.111. The lowest BCUT2D eigenvalue weighted by atomic mass is 10.2. The maximum Gasteiger partial charge on any atom is 0.410 e. The molecule has 0 saturated carbocycles. The molecule has 0 spiro atoms. The van der Waals surface area contributed by atoms with Crippen LogP contribution in [0.25, 0.3) is 10.9 Å². The van der Waals surface area contributed by atoms with E-state index in [1.807, 2.05) is 24.3 Å².